The summed E-state index contributed by atoms with van der Waals surface area (Å²) >= 11 is 0. The molecular weight excluding hydrogens is 188 g/mol. The first-order chi connectivity index (χ1) is 7.06. The van der Waals surface area contributed by atoms with Crippen molar-refractivity contribution in [3.8, 4) is 0 Å². The fourth-order valence-corrected chi connectivity index (χ4v) is 1.51. The van der Waals surface area contributed by atoms with Gasteiger partial charge in [0, 0.05) is 12.6 Å². The number of pyridine rings is 1. The Kier molecular flexibility index (Phi) is 3.77. The summed E-state index contributed by atoms with van der Waals surface area (Å²) in [6.07, 6.45) is 1.09. The van der Waals surface area contributed by atoms with Gasteiger partial charge in [-0.15, -0.1) is 0 Å². The van der Waals surface area contributed by atoms with Gasteiger partial charge in [-0.25, -0.2) is 4.98 Å². The van der Waals surface area contributed by atoms with Crippen molar-refractivity contribution in [1.82, 2.24) is 4.98 Å². The van der Waals surface area contributed by atoms with Gasteiger partial charge in [0.2, 0.25) is 0 Å². The molecule has 15 heavy (non-hydrogen) atoms. The largest absolute Gasteiger partial charge is 0.396 e. The molecule has 0 bridgehead atoms. The molecule has 0 fully saturated rings. The minimum absolute atomic E-state index is 0.411. The van der Waals surface area contributed by atoms with E-state index in [9.17, 15) is 0 Å². The van der Waals surface area contributed by atoms with Crippen molar-refractivity contribution in [3.63, 3.8) is 0 Å². The Hall–Kier alpha value is -1.45. The van der Waals surface area contributed by atoms with Crippen LogP contribution in [0.5, 0.6) is 0 Å². The summed E-state index contributed by atoms with van der Waals surface area (Å²) in [6, 6.07) is 4.14. The molecule has 0 aliphatic heterocycles. The van der Waals surface area contributed by atoms with E-state index < -0.39 is 0 Å². The van der Waals surface area contributed by atoms with Gasteiger partial charge in [0.15, 0.2) is 0 Å². The maximum Gasteiger partial charge on any atom is 0.149 e. The minimum Gasteiger partial charge on any atom is -0.396 e. The third-order valence-electron chi connectivity index (χ3n) is 2.32. The maximum atomic E-state index is 5.69. The normalized spacial score (nSPS) is 10.7. The summed E-state index contributed by atoms with van der Waals surface area (Å²) < 4.78 is 0. The Morgan fingerprint density at radius 1 is 1.33 bits per heavy atom. The van der Waals surface area contributed by atoms with Gasteiger partial charge in [-0.05, 0) is 32.4 Å². The molecule has 0 spiro atoms. The molecule has 4 heteroatoms. The zero-order valence-electron chi connectivity index (χ0n) is 9.70. The van der Waals surface area contributed by atoms with Crippen LogP contribution in [0.2, 0.25) is 0 Å². The molecule has 1 aromatic heterocycles. The summed E-state index contributed by atoms with van der Waals surface area (Å²) in [5.74, 6) is 1.31. The lowest BCUT2D eigenvalue weighted by Gasteiger charge is -2.27. The van der Waals surface area contributed by atoms with Gasteiger partial charge in [-0.2, -0.15) is 0 Å². The molecule has 1 aromatic rings. The molecule has 0 unspecified atom stereocenters. The summed E-state index contributed by atoms with van der Waals surface area (Å²) in [4.78, 5) is 6.51. The van der Waals surface area contributed by atoms with Crippen LogP contribution in [0.4, 0.5) is 17.3 Å². The second kappa shape index (κ2) is 4.87. The number of aromatic nitrogens is 1. The van der Waals surface area contributed by atoms with E-state index in [2.05, 4.69) is 30.7 Å². The Balaban J connectivity index is 2.95. The topological polar surface area (TPSA) is 68.2 Å². The highest BCUT2D eigenvalue weighted by atomic mass is 15.2. The summed E-state index contributed by atoms with van der Waals surface area (Å²) in [5, 5.41) is 0. The average Bonchev–Trinajstić information content (AvgIpc) is 2.18. The van der Waals surface area contributed by atoms with Crippen molar-refractivity contribution in [1.29, 1.82) is 0 Å². The van der Waals surface area contributed by atoms with Crippen molar-refractivity contribution in [2.24, 2.45) is 0 Å². The third-order valence-corrected chi connectivity index (χ3v) is 2.32. The van der Waals surface area contributed by atoms with Crippen LogP contribution in [0.1, 0.15) is 27.2 Å². The molecule has 0 saturated heterocycles. The number of nitrogens with zero attached hydrogens (tertiary/aromatic N) is 2. The Labute approximate surface area is 91.3 Å². The molecule has 4 nitrogen and oxygen atoms in total. The minimum atomic E-state index is 0.411. The first-order valence-electron chi connectivity index (χ1n) is 5.35. The van der Waals surface area contributed by atoms with E-state index in [0.717, 1.165) is 18.8 Å². The molecule has 0 atom stereocenters. The van der Waals surface area contributed by atoms with E-state index in [-0.39, 0.29) is 0 Å². The average molecular weight is 208 g/mol. The highest BCUT2D eigenvalue weighted by Crippen LogP contribution is 2.20. The van der Waals surface area contributed by atoms with Crippen LogP contribution in [0, 0.1) is 0 Å². The van der Waals surface area contributed by atoms with Crippen molar-refractivity contribution in [2.45, 2.75) is 33.2 Å². The van der Waals surface area contributed by atoms with E-state index in [1.54, 1.807) is 0 Å². The standard InChI is InChI=1S/C11H20N4/c1-4-7-15(8(2)3)10-6-5-9(12)11(13)14-10/h5-6,8H,4,7,12H2,1-3H3,(H2,13,14). The summed E-state index contributed by atoms with van der Waals surface area (Å²) in [7, 11) is 0. The van der Waals surface area contributed by atoms with Crippen LogP contribution in [0.25, 0.3) is 0 Å². The number of anilines is 3. The highest BCUT2D eigenvalue weighted by molar-refractivity contribution is 5.62. The third kappa shape index (κ3) is 2.75. The molecule has 4 N–H and O–H groups in total. The smallest absolute Gasteiger partial charge is 0.149 e. The summed E-state index contributed by atoms with van der Waals surface area (Å²) in [6.45, 7) is 7.41. The van der Waals surface area contributed by atoms with Crippen LogP contribution in [0.15, 0.2) is 12.1 Å². The molecule has 0 saturated carbocycles. The van der Waals surface area contributed by atoms with Crippen molar-refractivity contribution < 1.29 is 0 Å². The zero-order chi connectivity index (χ0) is 11.4. The lowest BCUT2D eigenvalue weighted by Crippen LogP contribution is -2.32. The van der Waals surface area contributed by atoms with Gasteiger partial charge < -0.3 is 16.4 Å². The predicted molar refractivity (Wildman–Crippen MR) is 65.8 cm³/mol. The Bertz CT molecular complexity index is 322. The second-order valence-electron chi connectivity index (χ2n) is 3.93. The van der Waals surface area contributed by atoms with E-state index in [1.807, 2.05) is 12.1 Å². The number of nitrogen functional groups attached to an aromatic ring is 2. The molecular formula is C11H20N4. The van der Waals surface area contributed by atoms with Crippen LogP contribution in [-0.2, 0) is 0 Å². The van der Waals surface area contributed by atoms with E-state index in [4.69, 9.17) is 11.5 Å². The fraction of sp³-hybridized carbons (Fsp3) is 0.545. The fourth-order valence-electron chi connectivity index (χ4n) is 1.51. The lowest BCUT2D eigenvalue weighted by atomic mass is 10.2. The number of hydrogen-bond donors (Lipinski definition) is 2. The quantitative estimate of drug-likeness (QED) is 0.792. The summed E-state index contributed by atoms with van der Waals surface area (Å²) in [5.41, 5.74) is 11.9. The zero-order valence-corrected chi connectivity index (χ0v) is 9.70. The molecule has 0 amide bonds. The van der Waals surface area contributed by atoms with Gasteiger partial charge in [0.05, 0.1) is 5.69 Å². The molecule has 0 aliphatic carbocycles. The SMILES string of the molecule is CCCN(c1ccc(N)c(N)n1)C(C)C. The first kappa shape index (κ1) is 11.6. The number of nitrogens with two attached hydrogens (primary N) is 2. The molecule has 84 valence electrons. The van der Waals surface area contributed by atoms with Gasteiger partial charge >= 0.3 is 0 Å². The molecule has 0 aromatic carbocycles. The van der Waals surface area contributed by atoms with Crippen molar-refractivity contribution in [2.75, 3.05) is 22.9 Å². The van der Waals surface area contributed by atoms with Crippen LogP contribution in [-0.4, -0.2) is 17.6 Å². The highest BCUT2D eigenvalue weighted by Gasteiger charge is 2.11. The van der Waals surface area contributed by atoms with Crippen molar-refractivity contribution in [3.05, 3.63) is 12.1 Å². The molecule has 1 heterocycles. The van der Waals surface area contributed by atoms with Crippen LogP contribution < -0.4 is 16.4 Å². The van der Waals surface area contributed by atoms with Crippen LogP contribution in [0.3, 0.4) is 0 Å². The van der Waals surface area contributed by atoms with Gasteiger partial charge in [0.25, 0.3) is 0 Å². The first-order valence-corrected chi connectivity index (χ1v) is 5.35. The monoisotopic (exact) mass is 208 g/mol. The van der Waals surface area contributed by atoms with Crippen molar-refractivity contribution >= 4 is 17.3 Å². The number of hydrogen-bond acceptors (Lipinski definition) is 4. The van der Waals surface area contributed by atoms with E-state index >= 15 is 0 Å². The lowest BCUT2D eigenvalue weighted by molar-refractivity contribution is 0.663. The molecule has 0 radical (unpaired) electrons. The number of rotatable bonds is 4. The maximum absolute atomic E-state index is 5.69. The van der Waals surface area contributed by atoms with Gasteiger partial charge in [-0.1, -0.05) is 6.92 Å². The molecule has 1 rings (SSSR count). The van der Waals surface area contributed by atoms with E-state index in [0.29, 0.717) is 17.5 Å². The Morgan fingerprint density at radius 2 is 2.00 bits per heavy atom. The Morgan fingerprint density at radius 3 is 2.47 bits per heavy atom. The van der Waals surface area contributed by atoms with Gasteiger partial charge in [0.1, 0.15) is 11.6 Å². The second-order valence-corrected chi connectivity index (χ2v) is 3.93. The molecule has 0 aliphatic rings. The van der Waals surface area contributed by atoms with Crippen LogP contribution >= 0.6 is 0 Å². The van der Waals surface area contributed by atoms with Gasteiger partial charge in [-0.3, -0.25) is 0 Å². The van der Waals surface area contributed by atoms with E-state index in [1.165, 1.54) is 0 Å². The predicted octanol–water partition coefficient (Wildman–Crippen LogP) is 1.87.